The van der Waals surface area contributed by atoms with Crippen molar-refractivity contribution in [3.63, 3.8) is 0 Å². The highest BCUT2D eigenvalue weighted by atomic mass is 16.4. The fourth-order valence-electron chi connectivity index (χ4n) is 2.87. The minimum absolute atomic E-state index is 0.0798. The van der Waals surface area contributed by atoms with Gasteiger partial charge in [0, 0.05) is 24.9 Å². The molecule has 0 radical (unpaired) electrons. The second-order valence-corrected chi connectivity index (χ2v) is 5.73. The predicted octanol–water partition coefficient (Wildman–Crippen LogP) is 1.29. The first-order chi connectivity index (χ1) is 9.92. The van der Waals surface area contributed by atoms with Gasteiger partial charge in [0.2, 0.25) is 0 Å². The van der Waals surface area contributed by atoms with Crippen LogP contribution in [0.2, 0.25) is 0 Å². The van der Waals surface area contributed by atoms with E-state index in [2.05, 4.69) is 5.32 Å². The Bertz CT molecular complexity index is 600. The summed E-state index contributed by atoms with van der Waals surface area (Å²) in [4.78, 5) is 35.0. The van der Waals surface area contributed by atoms with E-state index in [0.29, 0.717) is 12.8 Å². The number of aryl methyl sites for hydroxylation is 1. The van der Waals surface area contributed by atoms with E-state index in [1.54, 1.807) is 13.1 Å². The van der Waals surface area contributed by atoms with E-state index in [4.69, 9.17) is 5.11 Å². The summed E-state index contributed by atoms with van der Waals surface area (Å²) in [6, 6.07) is 2.83. The highest BCUT2D eigenvalue weighted by Gasteiger charge is 2.36. The first-order valence-electron chi connectivity index (χ1n) is 7.13. The van der Waals surface area contributed by atoms with E-state index in [1.807, 2.05) is 0 Å². The van der Waals surface area contributed by atoms with Gasteiger partial charge in [-0.1, -0.05) is 19.3 Å². The van der Waals surface area contributed by atoms with Gasteiger partial charge in [0.05, 0.1) is 12.0 Å². The fourth-order valence-corrected chi connectivity index (χ4v) is 2.87. The Kier molecular flexibility index (Phi) is 4.45. The number of carbonyl (C=O) groups is 2. The van der Waals surface area contributed by atoms with Crippen LogP contribution >= 0.6 is 0 Å². The van der Waals surface area contributed by atoms with Gasteiger partial charge in [-0.05, 0) is 18.9 Å². The molecule has 0 aliphatic heterocycles. The molecule has 6 nitrogen and oxygen atoms in total. The standard InChI is InChI=1S/C15H20N2O4/c1-17-8-5-11(9-12(17)18)14(21)16-15(10-13(19)20)6-3-2-4-7-15/h5,8-9H,2-4,6-7,10H2,1H3,(H,16,21)(H,19,20). The van der Waals surface area contributed by atoms with E-state index >= 15 is 0 Å². The average molecular weight is 292 g/mol. The summed E-state index contributed by atoms with van der Waals surface area (Å²) >= 11 is 0. The van der Waals surface area contributed by atoms with Crippen molar-refractivity contribution in [3.8, 4) is 0 Å². The summed E-state index contributed by atoms with van der Waals surface area (Å²) in [6.07, 6.45) is 5.65. The first kappa shape index (κ1) is 15.3. The molecular weight excluding hydrogens is 272 g/mol. The molecule has 0 spiro atoms. The highest BCUT2D eigenvalue weighted by Crippen LogP contribution is 2.31. The molecule has 1 fully saturated rings. The van der Waals surface area contributed by atoms with Gasteiger partial charge in [0.25, 0.3) is 11.5 Å². The van der Waals surface area contributed by atoms with Gasteiger partial charge in [-0.3, -0.25) is 14.4 Å². The van der Waals surface area contributed by atoms with Crippen LogP contribution in [0.3, 0.4) is 0 Å². The second-order valence-electron chi connectivity index (χ2n) is 5.73. The number of rotatable bonds is 4. The zero-order chi connectivity index (χ0) is 15.5. The summed E-state index contributed by atoms with van der Waals surface area (Å²) in [6.45, 7) is 0. The van der Waals surface area contributed by atoms with Crippen LogP contribution in [0.1, 0.15) is 48.9 Å². The molecule has 0 atom stereocenters. The maximum absolute atomic E-state index is 12.3. The number of pyridine rings is 1. The summed E-state index contributed by atoms with van der Waals surface area (Å²) in [5.41, 5.74) is -0.686. The van der Waals surface area contributed by atoms with Crippen molar-refractivity contribution >= 4 is 11.9 Å². The normalized spacial score (nSPS) is 17.2. The maximum atomic E-state index is 12.3. The Hall–Kier alpha value is -2.11. The smallest absolute Gasteiger partial charge is 0.305 e. The number of carboxylic acids is 1. The molecule has 2 rings (SSSR count). The molecule has 1 aromatic rings. The lowest BCUT2D eigenvalue weighted by atomic mass is 9.79. The van der Waals surface area contributed by atoms with Crippen molar-refractivity contribution in [2.45, 2.75) is 44.1 Å². The number of nitrogens with zero attached hydrogens (tertiary/aromatic N) is 1. The number of carboxylic acid groups (broad SMARTS) is 1. The van der Waals surface area contributed by atoms with E-state index in [1.165, 1.54) is 16.8 Å². The average Bonchev–Trinajstić information content (AvgIpc) is 2.41. The molecule has 0 aromatic carbocycles. The number of nitrogens with one attached hydrogen (secondary N) is 1. The molecule has 0 bridgehead atoms. The SMILES string of the molecule is Cn1ccc(C(=O)NC2(CC(=O)O)CCCCC2)cc1=O. The molecule has 6 heteroatoms. The van der Waals surface area contributed by atoms with Crippen molar-refractivity contribution in [3.05, 3.63) is 34.2 Å². The number of hydrogen-bond donors (Lipinski definition) is 2. The minimum Gasteiger partial charge on any atom is -0.481 e. The van der Waals surface area contributed by atoms with Crippen molar-refractivity contribution in [2.75, 3.05) is 0 Å². The van der Waals surface area contributed by atoms with Gasteiger partial charge in [-0.15, -0.1) is 0 Å². The van der Waals surface area contributed by atoms with Gasteiger partial charge >= 0.3 is 5.97 Å². The summed E-state index contributed by atoms with van der Waals surface area (Å²) in [5, 5.41) is 11.9. The number of aliphatic carboxylic acids is 1. The molecule has 1 aliphatic carbocycles. The predicted molar refractivity (Wildman–Crippen MR) is 77.2 cm³/mol. The van der Waals surface area contributed by atoms with Gasteiger partial charge in [-0.2, -0.15) is 0 Å². The largest absolute Gasteiger partial charge is 0.481 e. The fraction of sp³-hybridized carbons (Fsp3) is 0.533. The third kappa shape index (κ3) is 3.71. The molecule has 1 saturated carbocycles. The zero-order valence-electron chi connectivity index (χ0n) is 12.1. The monoisotopic (exact) mass is 292 g/mol. The maximum Gasteiger partial charge on any atom is 0.305 e. The van der Waals surface area contributed by atoms with Crippen molar-refractivity contribution in [1.82, 2.24) is 9.88 Å². The molecule has 21 heavy (non-hydrogen) atoms. The van der Waals surface area contributed by atoms with Gasteiger partial charge in [0.1, 0.15) is 0 Å². The number of hydrogen-bond acceptors (Lipinski definition) is 3. The highest BCUT2D eigenvalue weighted by molar-refractivity contribution is 5.94. The van der Waals surface area contributed by atoms with E-state index < -0.39 is 11.5 Å². The van der Waals surface area contributed by atoms with E-state index in [9.17, 15) is 14.4 Å². The third-order valence-electron chi connectivity index (χ3n) is 4.05. The van der Waals surface area contributed by atoms with Crippen LogP contribution in [0.5, 0.6) is 0 Å². The van der Waals surface area contributed by atoms with Crippen LogP contribution in [0.15, 0.2) is 23.1 Å². The Morgan fingerprint density at radius 3 is 2.57 bits per heavy atom. The van der Waals surface area contributed by atoms with E-state index in [-0.39, 0.29) is 23.5 Å². The van der Waals surface area contributed by atoms with Crippen LogP contribution < -0.4 is 10.9 Å². The number of carbonyl (C=O) groups excluding carboxylic acids is 1. The lowest BCUT2D eigenvalue weighted by Gasteiger charge is -2.37. The van der Waals surface area contributed by atoms with Crippen LogP contribution in [-0.2, 0) is 11.8 Å². The molecular formula is C15H20N2O4. The van der Waals surface area contributed by atoms with Gasteiger partial charge in [0.15, 0.2) is 0 Å². The topological polar surface area (TPSA) is 88.4 Å². The zero-order valence-corrected chi connectivity index (χ0v) is 12.1. The van der Waals surface area contributed by atoms with Crippen molar-refractivity contribution in [2.24, 2.45) is 7.05 Å². The Labute approximate surface area is 122 Å². The summed E-state index contributed by atoms with van der Waals surface area (Å²) in [5.74, 6) is -1.29. The van der Waals surface area contributed by atoms with Crippen LogP contribution in [0.4, 0.5) is 0 Å². The lowest BCUT2D eigenvalue weighted by molar-refractivity contribution is -0.139. The molecule has 1 aliphatic rings. The quantitative estimate of drug-likeness (QED) is 0.875. The Morgan fingerprint density at radius 1 is 1.33 bits per heavy atom. The Balaban J connectivity index is 2.19. The molecule has 2 N–H and O–H groups in total. The number of aromatic nitrogens is 1. The van der Waals surface area contributed by atoms with Crippen LogP contribution in [0, 0.1) is 0 Å². The van der Waals surface area contributed by atoms with Crippen LogP contribution in [0.25, 0.3) is 0 Å². The second kappa shape index (κ2) is 6.11. The lowest BCUT2D eigenvalue weighted by Crippen LogP contribution is -2.51. The first-order valence-corrected chi connectivity index (χ1v) is 7.13. The van der Waals surface area contributed by atoms with Crippen LogP contribution in [-0.4, -0.2) is 27.1 Å². The Morgan fingerprint density at radius 2 is 2.00 bits per heavy atom. The van der Waals surface area contributed by atoms with Crippen molar-refractivity contribution < 1.29 is 14.7 Å². The summed E-state index contributed by atoms with van der Waals surface area (Å²) < 4.78 is 1.38. The molecule has 114 valence electrons. The molecule has 0 saturated heterocycles. The van der Waals surface area contributed by atoms with Gasteiger partial charge in [-0.25, -0.2) is 0 Å². The molecule has 1 amide bonds. The van der Waals surface area contributed by atoms with Crippen molar-refractivity contribution in [1.29, 1.82) is 0 Å². The van der Waals surface area contributed by atoms with Gasteiger partial charge < -0.3 is 15.0 Å². The number of amides is 1. The summed E-state index contributed by atoms with van der Waals surface area (Å²) in [7, 11) is 1.61. The minimum atomic E-state index is -0.916. The molecule has 1 heterocycles. The third-order valence-corrected chi connectivity index (χ3v) is 4.05. The molecule has 0 unspecified atom stereocenters. The molecule has 1 aromatic heterocycles. The van der Waals surface area contributed by atoms with E-state index in [0.717, 1.165) is 19.3 Å².